The fraction of sp³-hybridized carbons (Fsp3) is 0.350. The monoisotopic (exact) mass is 373 g/mol. The number of ether oxygens (including phenoxy) is 3. The topological polar surface area (TPSA) is 48.0 Å². The number of benzene rings is 2. The van der Waals surface area contributed by atoms with Gasteiger partial charge in [-0.1, -0.05) is 30.3 Å². The molecule has 0 radical (unpaired) electrons. The standard InChI is InChI=1S/C20H23NO4S/c1-23-16-8-9-17(18(12-16)24-2)20-21(10-11-26-20)19(22)14-25-13-15-6-4-3-5-7-15/h3-9,12,20H,10-11,13-14H2,1-2H3/t20-/m1/s1. The first kappa shape index (κ1) is 18.6. The molecule has 0 unspecified atom stereocenters. The fourth-order valence-corrected chi connectivity index (χ4v) is 4.22. The molecule has 5 nitrogen and oxygen atoms in total. The molecule has 1 heterocycles. The van der Waals surface area contributed by atoms with Crippen molar-refractivity contribution in [3.63, 3.8) is 0 Å². The Balaban J connectivity index is 1.65. The Morgan fingerprint density at radius 2 is 1.96 bits per heavy atom. The molecule has 138 valence electrons. The highest BCUT2D eigenvalue weighted by molar-refractivity contribution is 7.99. The van der Waals surface area contributed by atoms with E-state index in [1.807, 2.05) is 53.4 Å². The zero-order valence-corrected chi connectivity index (χ0v) is 15.8. The van der Waals surface area contributed by atoms with Gasteiger partial charge in [0.2, 0.25) is 5.91 Å². The maximum Gasteiger partial charge on any atom is 0.249 e. The van der Waals surface area contributed by atoms with E-state index >= 15 is 0 Å². The SMILES string of the molecule is COc1ccc([C@H]2SCCN2C(=O)COCc2ccccc2)c(OC)c1. The van der Waals surface area contributed by atoms with Crippen LogP contribution in [0.4, 0.5) is 0 Å². The molecule has 0 aromatic heterocycles. The number of hydrogen-bond donors (Lipinski definition) is 0. The van der Waals surface area contributed by atoms with Crippen LogP contribution < -0.4 is 9.47 Å². The van der Waals surface area contributed by atoms with E-state index in [4.69, 9.17) is 14.2 Å². The van der Waals surface area contributed by atoms with E-state index in [0.717, 1.165) is 28.4 Å². The lowest BCUT2D eigenvalue weighted by Crippen LogP contribution is -2.33. The third kappa shape index (κ3) is 4.31. The maximum atomic E-state index is 12.7. The molecule has 1 aliphatic heterocycles. The molecule has 26 heavy (non-hydrogen) atoms. The summed E-state index contributed by atoms with van der Waals surface area (Å²) in [6.45, 7) is 1.21. The Morgan fingerprint density at radius 3 is 2.69 bits per heavy atom. The number of thioether (sulfide) groups is 1. The van der Waals surface area contributed by atoms with E-state index in [1.54, 1.807) is 26.0 Å². The highest BCUT2D eigenvalue weighted by atomic mass is 32.2. The second-order valence-corrected chi connectivity index (χ2v) is 7.08. The second-order valence-electron chi connectivity index (χ2n) is 5.90. The van der Waals surface area contributed by atoms with Crippen molar-refractivity contribution < 1.29 is 19.0 Å². The number of carbonyl (C=O) groups is 1. The van der Waals surface area contributed by atoms with Crippen molar-refractivity contribution in [2.75, 3.05) is 33.1 Å². The normalized spacial score (nSPS) is 16.5. The molecule has 2 aromatic rings. The third-order valence-corrected chi connectivity index (χ3v) is 5.50. The number of amides is 1. The lowest BCUT2D eigenvalue weighted by molar-refractivity contribution is -0.136. The molecule has 6 heteroatoms. The molecule has 2 aromatic carbocycles. The average molecular weight is 373 g/mol. The van der Waals surface area contributed by atoms with Crippen LogP contribution in [0.5, 0.6) is 11.5 Å². The minimum atomic E-state index is -0.0660. The van der Waals surface area contributed by atoms with Crippen molar-refractivity contribution in [3.8, 4) is 11.5 Å². The Labute approximate surface area is 158 Å². The van der Waals surface area contributed by atoms with Crippen molar-refractivity contribution in [2.24, 2.45) is 0 Å². The van der Waals surface area contributed by atoms with Crippen molar-refractivity contribution >= 4 is 17.7 Å². The summed E-state index contributed by atoms with van der Waals surface area (Å²) in [5, 5.41) is -0.0660. The molecule has 1 atom stereocenters. The van der Waals surface area contributed by atoms with Gasteiger partial charge in [-0.3, -0.25) is 4.79 Å². The van der Waals surface area contributed by atoms with Crippen LogP contribution in [-0.4, -0.2) is 43.9 Å². The van der Waals surface area contributed by atoms with E-state index in [9.17, 15) is 4.79 Å². The Bertz CT molecular complexity index is 738. The van der Waals surface area contributed by atoms with Crippen LogP contribution in [-0.2, 0) is 16.1 Å². The summed E-state index contributed by atoms with van der Waals surface area (Å²) in [4.78, 5) is 14.5. The van der Waals surface area contributed by atoms with Gasteiger partial charge in [0.15, 0.2) is 0 Å². The van der Waals surface area contributed by atoms with Gasteiger partial charge in [-0.05, 0) is 17.7 Å². The Morgan fingerprint density at radius 1 is 1.15 bits per heavy atom. The number of carbonyl (C=O) groups excluding carboxylic acids is 1. The highest BCUT2D eigenvalue weighted by Gasteiger charge is 2.32. The predicted molar refractivity (Wildman–Crippen MR) is 103 cm³/mol. The molecule has 3 rings (SSSR count). The van der Waals surface area contributed by atoms with E-state index in [-0.39, 0.29) is 17.9 Å². The first-order chi connectivity index (χ1) is 12.7. The Kier molecular flexibility index (Phi) is 6.41. The van der Waals surface area contributed by atoms with Crippen LogP contribution in [0.25, 0.3) is 0 Å². The minimum Gasteiger partial charge on any atom is -0.497 e. The lowest BCUT2D eigenvalue weighted by Gasteiger charge is -2.25. The first-order valence-corrected chi connectivity index (χ1v) is 9.52. The molecular weight excluding hydrogens is 350 g/mol. The molecule has 1 saturated heterocycles. The first-order valence-electron chi connectivity index (χ1n) is 8.47. The number of nitrogens with zero attached hydrogens (tertiary/aromatic N) is 1. The molecule has 0 spiro atoms. The third-order valence-electron chi connectivity index (χ3n) is 4.26. The minimum absolute atomic E-state index is 0.00574. The van der Waals surface area contributed by atoms with Gasteiger partial charge < -0.3 is 19.1 Å². The largest absolute Gasteiger partial charge is 0.497 e. The van der Waals surface area contributed by atoms with Crippen LogP contribution in [0.3, 0.4) is 0 Å². The molecule has 0 aliphatic carbocycles. The van der Waals surface area contributed by atoms with E-state index < -0.39 is 0 Å². The molecule has 1 amide bonds. The fourth-order valence-electron chi connectivity index (χ4n) is 2.92. The summed E-state index contributed by atoms with van der Waals surface area (Å²) < 4.78 is 16.4. The zero-order chi connectivity index (χ0) is 18.4. The van der Waals surface area contributed by atoms with E-state index in [0.29, 0.717) is 13.2 Å². The molecule has 0 bridgehead atoms. The van der Waals surface area contributed by atoms with Crippen molar-refractivity contribution in [1.82, 2.24) is 4.90 Å². The van der Waals surface area contributed by atoms with Crippen LogP contribution in [0.2, 0.25) is 0 Å². The van der Waals surface area contributed by atoms with Gasteiger partial charge in [-0.15, -0.1) is 11.8 Å². The maximum absolute atomic E-state index is 12.7. The van der Waals surface area contributed by atoms with E-state index in [1.165, 1.54) is 0 Å². The quantitative estimate of drug-likeness (QED) is 0.743. The summed E-state index contributed by atoms with van der Waals surface area (Å²) in [6.07, 6.45) is 0. The predicted octanol–water partition coefficient (Wildman–Crippen LogP) is 3.49. The van der Waals surface area contributed by atoms with Gasteiger partial charge in [0.05, 0.1) is 20.8 Å². The summed E-state index contributed by atoms with van der Waals surface area (Å²) in [6, 6.07) is 15.6. The van der Waals surface area contributed by atoms with Gasteiger partial charge >= 0.3 is 0 Å². The summed E-state index contributed by atoms with van der Waals surface area (Å²) in [5.41, 5.74) is 2.04. The molecule has 1 fully saturated rings. The van der Waals surface area contributed by atoms with E-state index in [2.05, 4.69) is 0 Å². The number of hydrogen-bond acceptors (Lipinski definition) is 5. The lowest BCUT2D eigenvalue weighted by atomic mass is 10.1. The summed E-state index contributed by atoms with van der Waals surface area (Å²) in [7, 11) is 3.26. The average Bonchev–Trinajstić information content (AvgIpc) is 3.18. The Hall–Kier alpha value is -2.18. The molecule has 0 N–H and O–H groups in total. The van der Waals surface area contributed by atoms with Crippen molar-refractivity contribution in [2.45, 2.75) is 12.0 Å². The van der Waals surface area contributed by atoms with Gasteiger partial charge in [-0.25, -0.2) is 0 Å². The van der Waals surface area contributed by atoms with Crippen LogP contribution >= 0.6 is 11.8 Å². The molecule has 1 aliphatic rings. The smallest absolute Gasteiger partial charge is 0.249 e. The van der Waals surface area contributed by atoms with Gasteiger partial charge in [-0.2, -0.15) is 0 Å². The number of methoxy groups -OCH3 is 2. The van der Waals surface area contributed by atoms with Crippen LogP contribution in [0, 0.1) is 0 Å². The summed E-state index contributed by atoms with van der Waals surface area (Å²) >= 11 is 1.73. The van der Waals surface area contributed by atoms with Crippen molar-refractivity contribution in [1.29, 1.82) is 0 Å². The van der Waals surface area contributed by atoms with Crippen LogP contribution in [0.15, 0.2) is 48.5 Å². The van der Waals surface area contributed by atoms with Gasteiger partial charge in [0.1, 0.15) is 23.5 Å². The summed E-state index contributed by atoms with van der Waals surface area (Å²) in [5.74, 6) is 2.35. The molecule has 0 saturated carbocycles. The number of rotatable bonds is 7. The second kappa shape index (κ2) is 8.96. The van der Waals surface area contributed by atoms with Crippen LogP contribution in [0.1, 0.15) is 16.5 Å². The van der Waals surface area contributed by atoms with Crippen molar-refractivity contribution in [3.05, 3.63) is 59.7 Å². The highest BCUT2D eigenvalue weighted by Crippen LogP contribution is 2.42. The molecular formula is C20H23NO4S. The van der Waals surface area contributed by atoms with Gasteiger partial charge in [0, 0.05) is 23.9 Å². The zero-order valence-electron chi connectivity index (χ0n) is 15.0. The van der Waals surface area contributed by atoms with Gasteiger partial charge in [0.25, 0.3) is 0 Å².